The molecule has 1 unspecified atom stereocenters. The number of carboxylic acids is 1. The second-order valence-corrected chi connectivity index (χ2v) is 4.66. The minimum Gasteiger partial charge on any atom is -0.481 e. The number of nitrogens with one attached hydrogen (secondary N) is 1. The fourth-order valence-electron chi connectivity index (χ4n) is 1.58. The third kappa shape index (κ3) is 5.65. The first-order chi connectivity index (χ1) is 8.88. The van der Waals surface area contributed by atoms with E-state index in [1.54, 1.807) is 13.0 Å². The Labute approximate surface area is 116 Å². The summed E-state index contributed by atoms with van der Waals surface area (Å²) in [5, 5.41) is 11.3. The molecule has 1 atom stereocenters. The molecule has 19 heavy (non-hydrogen) atoms. The molecule has 1 rings (SSSR count). The number of hydrogen-bond donors (Lipinski definition) is 2. The standard InChI is InChI=1S/C12H16ClN3O3/c1-7(4-3-5-10(17)18)14-11(19)9-6-8(2)15-12(13)16-9/h6-7H,3-5H2,1-2H3,(H,14,19)(H,17,18). The van der Waals surface area contributed by atoms with Gasteiger partial charge in [-0.2, -0.15) is 0 Å². The number of aromatic nitrogens is 2. The van der Waals surface area contributed by atoms with Crippen molar-refractivity contribution in [3.8, 4) is 0 Å². The van der Waals surface area contributed by atoms with Crippen LogP contribution >= 0.6 is 11.6 Å². The molecule has 0 aliphatic heterocycles. The van der Waals surface area contributed by atoms with Crippen LogP contribution in [0.25, 0.3) is 0 Å². The minimum atomic E-state index is -0.836. The highest BCUT2D eigenvalue weighted by atomic mass is 35.5. The number of rotatable bonds is 6. The third-order valence-electron chi connectivity index (χ3n) is 2.46. The molecule has 0 aliphatic carbocycles. The Morgan fingerprint density at radius 1 is 1.47 bits per heavy atom. The Balaban J connectivity index is 2.51. The zero-order valence-electron chi connectivity index (χ0n) is 10.8. The van der Waals surface area contributed by atoms with Gasteiger partial charge in [-0.15, -0.1) is 0 Å². The highest BCUT2D eigenvalue weighted by Gasteiger charge is 2.13. The van der Waals surface area contributed by atoms with E-state index >= 15 is 0 Å². The van der Waals surface area contributed by atoms with Gasteiger partial charge >= 0.3 is 5.97 Å². The number of aliphatic carboxylic acids is 1. The van der Waals surface area contributed by atoms with Crippen LogP contribution < -0.4 is 5.32 Å². The van der Waals surface area contributed by atoms with Gasteiger partial charge in [0.15, 0.2) is 0 Å². The summed E-state index contributed by atoms with van der Waals surface area (Å²) >= 11 is 5.68. The predicted molar refractivity (Wildman–Crippen MR) is 70.2 cm³/mol. The molecule has 1 aromatic rings. The van der Waals surface area contributed by atoms with Gasteiger partial charge in [-0.05, 0) is 44.4 Å². The quantitative estimate of drug-likeness (QED) is 0.778. The molecule has 0 fully saturated rings. The van der Waals surface area contributed by atoms with E-state index in [-0.39, 0.29) is 29.3 Å². The molecule has 6 nitrogen and oxygen atoms in total. The summed E-state index contributed by atoms with van der Waals surface area (Å²) in [5.74, 6) is -1.17. The number of nitrogens with zero attached hydrogens (tertiary/aromatic N) is 2. The number of amides is 1. The van der Waals surface area contributed by atoms with Gasteiger partial charge in [-0.25, -0.2) is 9.97 Å². The number of halogens is 1. The highest BCUT2D eigenvalue weighted by molar-refractivity contribution is 6.28. The van der Waals surface area contributed by atoms with Crippen molar-refractivity contribution in [1.82, 2.24) is 15.3 Å². The van der Waals surface area contributed by atoms with E-state index in [9.17, 15) is 9.59 Å². The largest absolute Gasteiger partial charge is 0.481 e. The topological polar surface area (TPSA) is 92.2 Å². The average Bonchev–Trinajstić information content (AvgIpc) is 2.26. The van der Waals surface area contributed by atoms with Crippen LogP contribution in [-0.2, 0) is 4.79 Å². The van der Waals surface area contributed by atoms with Gasteiger partial charge in [0.2, 0.25) is 5.28 Å². The first-order valence-electron chi connectivity index (χ1n) is 5.92. The maximum Gasteiger partial charge on any atom is 0.303 e. The van der Waals surface area contributed by atoms with E-state index < -0.39 is 5.97 Å². The average molecular weight is 286 g/mol. The second kappa shape index (κ2) is 7.04. The normalized spacial score (nSPS) is 11.9. The number of aryl methyl sites for hydroxylation is 1. The van der Waals surface area contributed by atoms with Crippen molar-refractivity contribution in [3.63, 3.8) is 0 Å². The molecule has 0 aromatic carbocycles. The van der Waals surface area contributed by atoms with Crippen LogP contribution in [0, 0.1) is 6.92 Å². The molecular formula is C12H16ClN3O3. The molecule has 0 radical (unpaired) electrons. The minimum absolute atomic E-state index is 0.0312. The summed E-state index contributed by atoms with van der Waals surface area (Å²) in [6.45, 7) is 3.54. The van der Waals surface area contributed by atoms with Gasteiger partial charge in [-0.1, -0.05) is 0 Å². The molecule has 104 valence electrons. The van der Waals surface area contributed by atoms with E-state index in [2.05, 4.69) is 15.3 Å². The van der Waals surface area contributed by atoms with Gasteiger partial charge in [0.1, 0.15) is 5.69 Å². The molecule has 7 heteroatoms. The molecule has 1 aromatic heterocycles. The summed E-state index contributed by atoms with van der Waals surface area (Å²) in [6.07, 6.45) is 1.20. The zero-order chi connectivity index (χ0) is 14.4. The third-order valence-corrected chi connectivity index (χ3v) is 2.63. The Kier molecular flexibility index (Phi) is 5.69. The maximum atomic E-state index is 11.9. The van der Waals surface area contributed by atoms with Crippen LogP contribution in [0.5, 0.6) is 0 Å². The summed E-state index contributed by atoms with van der Waals surface area (Å²) in [4.78, 5) is 30.0. The Morgan fingerprint density at radius 3 is 2.74 bits per heavy atom. The van der Waals surface area contributed by atoms with Crippen LogP contribution in [0.1, 0.15) is 42.4 Å². The number of carboxylic acid groups (broad SMARTS) is 1. The fourth-order valence-corrected chi connectivity index (χ4v) is 1.80. The van der Waals surface area contributed by atoms with Crippen LogP contribution in [0.15, 0.2) is 6.07 Å². The smallest absolute Gasteiger partial charge is 0.303 e. The van der Waals surface area contributed by atoms with Crippen LogP contribution in [0.3, 0.4) is 0 Å². The molecule has 1 heterocycles. The molecule has 0 spiro atoms. The Bertz CT molecular complexity index is 459. The second-order valence-electron chi connectivity index (χ2n) is 4.32. The van der Waals surface area contributed by atoms with E-state index in [1.165, 1.54) is 0 Å². The molecule has 0 aliphatic rings. The lowest BCUT2D eigenvalue weighted by molar-refractivity contribution is -0.137. The zero-order valence-corrected chi connectivity index (χ0v) is 11.6. The van der Waals surface area contributed by atoms with Crippen molar-refractivity contribution < 1.29 is 14.7 Å². The maximum absolute atomic E-state index is 11.9. The summed E-state index contributed by atoms with van der Waals surface area (Å²) in [6, 6.07) is 1.42. The molecule has 0 bridgehead atoms. The van der Waals surface area contributed by atoms with E-state index in [1.807, 2.05) is 6.92 Å². The van der Waals surface area contributed by atoms with Gasteiger partial charge in [0, 0.05) is 18.2 Å². The lowest BCUT2D eigenvalue weighted by atomic mass is 10.1. The Hall–Kier alpha value is -1.69. The summed E-state index contributed by atoms with van der Waals surface area (Å²) in [5.41, 5.74) is 0.825. The monoisotopic (exact) mass is 285 g/mol. The van der Waals surface area contributed by atoms with Crippen LogP contribution in [0.2, 0.25) is 5.28 Å². The molecule has 2 N–H and O–H groups in total. The first-order valence-corrected chi connectivity index (χ1v) is 6.30. The SMILES string of the molecule is Cc1cc(C(=O)NC(C)CCCC(=O)O)nc(Cl)n1. The molecule has 0 saturated heterocycles. The van der Waals surface area contributed by atoms with Crippen molar-refractivity contribution in [1.29, 1.82) is 0 Å². The summed E-state index contributed by atoms with van der Waals surface area (Å²) < 4.78 is 0. The highest BCUT2D eigenvalue weighted by Crippen LogP contribution is 2.06. The van der Waals surface area contributed by atoms with Crippen LogP contribution in [-0.4, -0.2) is 33.0 Å². The van der Waals surface area contributed by atoms with Crippen LogP contribution in [0.4, 0.5) is 0 Å². The van der Waals surface area contributed by atoms with Gasteiger partial charge in [0.05, 0.1) is 0 Å². The van der Waals surface area contributed by atoms with Crippen molar-refractivity contribution in [3.05, 3.63) is 22.7 Å². The van der Waals surface area contributed by atoms with E-state index in [4.69, 9.17) is 16.7 Å². The van der Waals surface area contributed by atoms with Gasteiger partial charge in [-0.3, -0.25) is 9.59 Å². The predicted octanol–water partition coefficient (Wildman–Crippen LogP) is 1.81. The van der Waals surface area contributed by atoms with Crippen molar-refractivity contribution in [2.75, 3.05) is 0 Å². The number of carbonyl (C=O) groups excluding carboxylic acids is 1. The number of hydrogen-bond acceptors (Lipinski definition) is 4. The van der Waals surface area contributed by atoms with Gasteiger partial charge < -0.3 is 10.4 Å². The number of carbonyl (C=O) groups is 2. The van der Waals surface area contributed by atoms with Crippen molar-refractivity contribution in [2.45, 2.75) is 39.2 Å². The van der Waals surface area contributed by atoms with E-state index in [0.29, 0.717) is 18.5 Å². The lowest BCUT2D eigenvalue weighted by Gasteiger charge is -2.13. The molecule has 0 saturated carbocycles. The lowest BCUT2D eigenvalue weighted by Crippen LogP contribution is -2.33. The summed E-state index contributed by atoms with van der Waals surface area (Å²) in [7, 11) is 0. The van der Waals surface area contributed by atoms with E-state index in [0.717, 1.165) is 0 Å². The first kappa shape index (κ1) is 15.4. The van der Waals surface area contributed by atoms with Crippen molar-refractivity contribution >= 4 is 23.5 Å². The van der Waals surface area contributed by atoms with Gasteiger partial charge in [0.25, 0.3) is 5.91 Å². The fraction of sp³-hybridized carbons (Fsp3) is 0.500. The molecular weight excluding hydrogens is 270 g/mol. The Morgan fingerprint density at radius 2 is 2.16 bits per heavy atom. The van der Waals surface area contributed by atoms with Crippen molar-refractivity contribution in [2.24, 2.45) is 0 Å². The molecule has 1 amide bonds.